The number of pyridine rings is 1. The standard InChI is InChI=1S/C34H50N6O3/c1-6-29(41)15-10-11-22-40(24-26(3)17-19-35)33-30(16-9-8-13-27-23-36-20-18-32(27)42-5)31(7-2)37-34(38-33)43-25-28-14-12-21-39(28)4/h6,18,20,23,26,28H,1,7-17,21-22,24-25H2,2-5H3/t26-,28-/m0/s1. The van der Waals surface area contributed by atoms with Gasteiger partial charge in [0.2, 0.25) is 0 Å². The van der Waals surface area contributed by atoms with Crippen molar-refractivity contribution in [1.82, 2.24) is 19.9 Å². The lowest BCUT2D eigenvalue weighted by Crippen LogP contribution is -2.33. The van der Waals surface area contributed by atoms with Crippen LogP contribution in [0.25, 0.3) is 0 Å². The van der Waals surface area contributed by atoms with Crippen LogP contribution >= 0.6 is 0 Å². The summed E-state index contributed by atoms with van der Waals surface area (Å²) in [4.78, 5) is 30.7. The second kappa shape index (κ2) is 18.2. The van der Waals surface area contributed by atoms with Gasteiger partial charge in [0.1, 0.15) is 18.2 Å². The maximum atomic E-state index is 11.8. The lowest BCUT2D eigenvalue weighted by atomic mass is 10.0. The number of hydrogen-bond donors (Lipinski definition) is 0. The van der Waals surface area contributed by atoms with Crippen molar-refractivity contribution >= 4 is 11.6 Å². The van der Waals surface area contributed by atoms with Crippen LogP contribution in [0.3, 0.4) is 0 Å². The number of methoxy groups -OCH3 is 1. The fourth-order valence-corrected chi connectivity index (χ4v) is 5.73. The summed E-state index contributed by atoms with van der Waals surface area (Å²) in [5, 5.41) is 9.39. The van der Waals surface area contributed by atoms with Crippen LogP contribution in [0.15, 0.2) is 31.1 Å². The molecule has 3 heterocycles. The first-order chi connectivity index (χ1) is 20.9. The number of anilines is 1. The minimum absolute atomic E-state index is 0.0678. The van der Waals surface area contributed by atoms with Gasteiger partial charge in [-0.3, -0.25) is 9.78 Å². The molecule has 1 aliphatic rings. The molecule has 9 nitrogen and oxygen atoms in total. The van der Waals surface area contributed by atoms with E-state index in [2.05, 4.69) is 48.3 Å². The molecule has 9 heteroatoms. The molecular formula is C34H50N6O3. The van der Waals surface area contributed by atoms with Crippen molar-refractivity contribution in [2.75, 3.05) is 45.3 Å². The van der Waals surface area contributed by atoms with Crippen LogP contribution in [0, 0.1) is 17.2 Å². The number of carbonyl (C=O) groups is 1. The van der Waals surface area contributed by atoms with E-state index in [0.717, 1.165) is 92.8 Å². The summed E-state index contributed by atoms with van der Waals surface area (Å²) in [7, 11) is 3.84. The number of ketones is 1. The number of unbranched alkanes of at least 4 members (excludes halogenated alkanes) is 2. The fraction of sp³-hybridized carbons (Fsp3) is 0.618. The van der Waals surface area contributed by atoms with E-state index in [-0.39, 0.29) is 11.7 Å². The van der Waals surface area contributed by atoms with E-state index >= 15 is 0 Å². The Hall–Kier alpha value is -3.51. The third kappa shape index (κ3) is 10.6. The molecule has 0 saturated carbocycles. The average Bonchev–Trinajstić information content (AvgIpc) is 3.44. The molecule has 0 aromatic carbocycles. The van der Waals surface area contributed by atoms with Crippen LogP contribution in [-0.2, 0) is 24.1 Å². The number of ether oxygens (including phenoxy) is 2. The number of rotatable bonds is 20. The monoisotopic (exact) mass is 590 g/mol. The van der Waals surface area contributed by atoms with Gasteiger partial charge in [-0.15, -0.1) is 0 Å². The molecule has 2 aromatic heterocycles. The zero-order valence-corrected chi connectivity index (χ0v) is 26.7. The van der Waals surface area contributed by atoms with Crippen LogP contribution in [0.2, 0.25) is 0 Å². The van der Waals surface area contributed by atoms with Crippen LogP contribution in [0.1, 0.15) is 82.0 Å². The maximum Gasteiger partial charge on any atom is 0.318 e. The largest absolute Gasteiger partial charge is 0.496 e. The molecule has 43 heavy (non-hydrogen) atoms. The van der Waals surface area contributed by atoms with E-state index in [4.69, 9.17) is 19.4 Å². The van der Waals surface area contributed by atoms with Gasteiger partial charge in [-0.05, 0) is 89.4 Å². The predicted octanol–water partition coefficient (Wildman–Crippen LogP) is 5.76. The molecule has 0 bridgehead atoms. The molecule has 0 N–H and O–H groups in total. The Kier molecular flexibility index (Phi) is 14.4. The summed E-state index contributed by atoms with van der Waals surface area (Å²) in [5.74, 6) is 2.01. The summed E-state index contributed by atoms with van der Waals surface area (Å²) in [6.45, 7) is 10.9. The SMILES string of the molecule is C=CC(=O)CCCCN(C[C@@H](C)CC#N)c1nc(OC[C@@H]2CCCN2C)nc(CC)c1CCCCc1cnccc1OC. The van der Waals surface area contributed by atoms with Gasteiger partial charge in [0, 0.05) is 55.5 Å². The number of allylic oxidation sites excluding steroid dienone is 1. The molecule has 1 saturated heterocycles. The molecule has 0 radical (unpaired) electrons. The van der Waals surface area contributed by atoms with Crippen LogP contribution in [0.4, 0.5) is 5.82 Å². The number of likely N-dealkylation sites (N-methyl/N-ethyl adjacent to an activating group) is 1. The lowest BCUT2D eigenvalue weighted by Gasteiger charge is -2.29. The molecule has 0 aliphatic carbocycles. The first-order valence-electron chi connectivity index (χ1n) is 15.9. The topological polar surface area (TPSA) is 104 Å². The van der Waals surface area contributed by atoms with Crippen molar-refractivity contribution in [1.29, 1.82) is 5.26 Å². The van der Waals surface area contributed by atoms with Crippen LogP contribution in [-0.4, -0.2) is 72.1 Å². The number of carbonyl (C=O) groups excluding carboxylic acids is 1. The van der Waals surface area contributed by atoms with Gasteiger partial charge in [0.25, 0.3) is 0 Å². The van der Waals surface area contributed by atoms with E-state index < -0.39 is 0 Å². The third-order valence-corrected chi connectivity index (χ3v) is 8.26. The van der Waals surface area contributed by atoms with Crippen molar-refractivity contribution in [3.8, 4) is 17.8 Å². The molecule has 2 atom stereocenters. The zero-order chi connectivity index (χ0) is 31.0. The van der Waals surface area contributed by atoms with E-state index in [1.54, 1.807) is 13.3 Å². The number of nitriles is 1. The van der Waals surface area contributed by atoms with Crippen molar-refractivity contribution in [2.24, 2.45) is 5.92 Å². The van der Waals surface area contributed by atoms with Crippen molar-refractivity contribution in [3.05, 3.63) is 47.9 Å². The van der Waals surface area contributed by atoms with Gasteiger partial charge in [-0.2, -0.15) is 15.2 Å². The highest BCUT2D eigenvalue weighted by molar-refractivity contribution is 5.88. The third-order valence-electron chi connectivity index (χ3n) is 8.26. The molecule has 0 spiro atoms. The van der Waals surface area contributed by atoms with Gasteiger partial charge in [0.15, 0.2) is 5.78 Å². The smallest absolute Gasteiger partial charge is 0.318 e. The first kappa shape index (κ1) is 34.0. The predicted molar refractivity (Wildman–Crippen MR) is 171 cm³/mol. The van der Waals surface area contributed by atoms with Gasteiger partial charge >= 0.3 is 6.01 Å². The van der Waals surface area contributed by atoms with Gasteiger partial charge < -0.3 is 19.3 Å². The first-order valence-corrected chi connectivity index (χ1v) is 15.9. The molecule has 3 rings (SSSR count). The van der Waals surface area contributed by atoms with Gasteiger partial charge in [0.05, 0.1) is 18.9 Å². The van der Waals surface area contributed by atoms with E-state index in [1.807, 2.05) is 12.3 Å². The molecular weight excluding hydrogens is 540 g/mol. The minimum atomic E-state index is 0.0678. The molecule has 1 aliphatic heterocycles. The number of nitrogens with zero attached hydrogens (tertiary/aromatic N) is 6. The van der Waals surface area contributed by atoms with Crippen molar-refractivity contribution in [3.63, 3.8) is 0 Å². The van der Waals surface area contributed by atoms with Crippen molar-refractivity contribution < 1.29 is 14.3 Å². The number of aryl methyl sites for hydroxylation is 2. The minimum Gasteiger partial charge on any atom is -0.496 e. The summed E-state index contributed by atoms with van der Waals surface area (Å²) < 4.78 is 11.8. The lowest BCUT2D eigenvalue weighted by molar-refractivity contribution is -0.114. The zero-order valence-electron chi connectivity index (χ0n) is 26.7. The molecule has 2 aromatic rings. The Balaban J connectivity index is 1.87. The second-order valence-electron chi connectivity index (χ2n) is 11.6. The molecule has 0 amide bonds. The summed E-state index contributed by atoms with van der Waals surface area (Å²) in [6, 6.07) is 5.03. The number of hydrogen-bond acceptors (Lipinski definition) is 9. The van der Waals surface area contributed by atoms with E-state index in [1.165, 1.54) is 12.5 Å². The quantitative estimate of drug-likeness (QED) is 0.141. The van der Waals surface area contributed by atoms with E-state index in [0.29, 0.717) is 38.0 Å². The molecule has 234 valence electrons. The summed E-state index contributed by atoms with van der Waals surface area (Å²) >= 11 is 0. The highest BCUT2D eigenvalue weighted by atomic mass is 16.5. The number of likely N-dealkylation sites (tertiary alicyclic amines) is 1. The maximum absolute atomic E-state index is 11.8. The second-order valence-corrected chi connectivity index (χ2v) is 11.6. The number of aromatic nitrogens is 3. The Labute approximate surface area is 258 Å². The van der Waals surface area contributed by atoms with Gasteiger partial charge in [-0.1, -0.05) is 20.4 Å². The van der Waals surface area contributed by atoms with Crippen LogP contribution in [0.5, 0.6) is 11.8 Å². The van der Waals surface area contributed by atoms with Crippen LogP contribution < -0.4 is 14.4 Å². The normalized spacial score (nSPS) is 15.6. The summed E-state index contributed by atoms with van der Waals surface area (Å²) in [5.41, 5.74) is 3.27. The van der Waals surface area contributed by atoms with E-state index in [9.17, 15) is 10.1 Å². The van der Waals surface area contributed by atoms with Gasteiger partial charge in [-0.25, -0.2) is 0 Å². The van der Waals surface area contributed by atoms with Crippen molar-refractivity contribution in [2.45, 2.75) is 90.5 Å². The fourth-order valence-electron chi connectivity index (χ4n) is 5.73. The Morgan fingerprint density at radius 3 is 2.79 bits per heavy atom. The summed E-state index contributed by atoms with van der Waals surface area (Å²) in [6.07, 6.45) is 14.3. The Bertz CT molecular complexity index is 1210. The average molecular weight is 591 g/mol. The Morgan fingerprint density at radius 2 is 2.09 bits per heavy atom. The molecule has 0 unspecified atom stereocenters. The highest BCUT2D eigenvalue weighted by Gasteiger charge is 2.24. The molecule has 1 fully saturated rings. The highest BCUT2D eigenvalue weighted by Crippen LogP contribution is 2.29. The Morgan fingerprint density at radius 1 is 1.28 bits per heavy atom.